The Morgan fingerprint density at radius 3 is 2.50 bits per heavy atom. The molecular weight excluding hydrogens is 519 g/mol. The zero-order valence-electron chi connectivity index (χ0n) is 20.1. The SMILES string of the molecule is CN=C(NCC1CCN(C(=O)OC(C)(C)C)CC1)N1CCOC(c2ccccc2C)C1.I. The first-order chi connectivity index (χ1) is 14.8. The number of likely N-dealkylation sites (tertiary alicyclic amines) is 1. The van der Waals surface area contributed by atoms with Gasteiger partial charge in [0.25, 0.3) is 0 Å². The van der Waals surface area contributed by atoms with E-state index in [1.807, 2.05) is 32.7 Å². The van der Waals surface area contributed by atoms with Crippen LogP contribution in [0.2, 0.25) is 0 Å². The molecule has 2 saturated heterocycles. The number of hydrogen-bond acceptors (Lipinski definition) is 4. The van der Waals surface area contributed by atoms with Crippen molar-refractivity contribution in [3.8, 4) is 0 Å². The van der Waals surface area contributed by atoms with Crippen LogP contribution in [-0.4, -0.2) is 73.8 Å². The number of aryl methyl sites for hydroxylation is 1. The lowest BCUT2D eigenvalue weighted by Crippen LogP contribution is -2.50. The summed E-state index contributed by atoms with van der Waals surface area (Å²) in [5, 5.41) is 3.56. The lowest BCUT2D eigenvalue weighted by atomic mass is 9.97. The minimum atomic E-state index is -0.448. The Labute approximate surface area is 209 Å². The average molecular weight is 559 g/mol. The summed E-state index contributed by atoms with van der Waals surface area (Å²) in [7, 11) is 1.84. The highest BCUT2D eigenvalue weighted by molar-refractivity contribution is 14.0. The molecule has 0 aliphatic carbocycles. The summed E-state index contributed by atoms with van der Waals surface area (Å²) >= 11 is 0. The first kappa shape index (κ1) is 26.7. The highest BCUT2D eigenvalue weighted by atomic mass is 127. The van der Waals surface area contributed by atoms with Gasteiger partial charge in [0.2, 0.25) is 0 Å². The molecule has 32 heavy (non-hydrogen) atoms. The number of nitrogens with zero attached hydrogens (tertiary/aromatic N) is 3. The molecule has 2 heterocycles. The summed E-state index contributed by atoms with van der Waals surface area (Å²) in [5.74, 6) is 1.44. The largest absolute Gasteiger partial charge is 0.444 e. The molecule has 0 saturated carbocycles. The number of piperidine rings is 1. The van der Waals surface area contributed by atoms with Gasteiger partial charge in [0, 0.05) is 33.2 Å². The Morgan fingerprint density at radius 1 is 1.19 bits per heavy atom. The molecule has 2 aliphatic rings. The van der Waals surface area contributed by atoms with Gasteiger partial charge in [-0.3, -0.25) is 4.99 Å². The van der Waals surface area contributed by atoms with Gasteiger partial charge >= 0.3 is 6.09 Å². The number of rotatable bonds is 3. The predicted molar refractivity (Wildman–Crippen MR) is 139 cm³/mol. The van der Waals surface area contributed by atoms with Gasteiger partial charge in [0.05, 0.1) is 13.2 Å². The second-order valence-electron chi connectivity index (χ2n) is 9.50. The molecule has 2 aliphatic heterocycles. The Bertz CT molecular complexity index is 773. The van der Waals surface area contributed by atoms with Crippen molar-refractivity contribution in [1.29, 1.82) is 0 Å². The maximum Gasteiger partial charge on any atom is 0.410 e. The zero-order chi connectivity index (χ0) is 22.4. The minimum Gasteiger partial charge on any atom is -0.444 e. The Kier molecular flexibility index (Phi) is 10.1. The van der Waals surface area contributed by atoms with E-state index in [-0.39, 0.29) is 36.2 Å². The minimum absolute atomic E-state index is 0. The van der Waals surface area contributed by atoms with Crippen molar-refractivity contribution < 1.29 is 14.3 Å². The molecule has 0 radical (unpaired) electrons. The molecule has 1 unspecified atom stereocenters. The molecule has 7 nitrogen and oxygen atoms in total. The van der Waals surface area contributed by atoms with Gasteiger partial charge in [0.1, 0.15) is 11.7 Å². The molecule has 1 aromatic rings. The van der Waals surface area contributed by atoms with Crippen LogP contribution in [0.3, 0.4) is 0 Å². The maximum absolute atomic E-state index is 12.3. The number of ether oxygens (including phenoxy) is 2. The van der Waals surface area contributed by atoms with Crippen molar-refractivity contribution in [1.82, 2.24) is 15.1 Å². The van der Waals surface area contributed by atoms with Crippen molar-refractivity contribution in [3.63, 3.8) is 0 Å². The van der Waals surface area contributed by atoms with Gasteiger partial charge in [-0.15, -0.1) is 24.0 Å². The third kappa shape index (κ3) is 7.50. The van der Waals surface area contributed by atoms with Crippen LogP contribution in [0.1, 0.15) is 50.8 Å². The third-order valence-corrected chi connectivity index (χ3v) is 5.93. The lowest BCUT2D eigenvalue weighted by molar-refractivity contribution is -0.00843. The van der Waals surface area contributed by atoms with E-state index in [1.165, 1.54) is 11.1 Å². The van der Waals surface area contributed by atoms with Gasteiger partial charge in [-0.05, 0) is 57.6 Å². The van der Waals surface area contributed by atoms with Crippen LogP contribution in [0.15, 0.2) is 29.3 Å². The van der Waals surface area contributed by atoms with E-state index in [1.54, 1.807) is 0 Å². The molecule has 1 N–H and O–H groups in total. The Hall–Kier alpha value is -1.55. The van der Waals surface area contributed by atoms with Crippen molar-refractivity contribution in [2.45, 2.75) is 52.2 Å². The smallest absolute Gasteiger partial charge is 0.410 e. The highest BCUT2D eigenvalue weighted by Gasteiger charge is 2.28. The fourth-order valence-corrected chi connectivity index (χ4v) is 4.19. The topological polar surface area (TPSA) is 66.4 Å². The van der Waals surface area contributed by atoms with E-state index in [2.05, 4.69) is 46.4 Å². The van der Waals surface area contributed by atoms with Gasteiger partial charge in [-0.25, -0.2) is 4.79 Å². The molecule has 0 spiro atoms. The van der Waals surface area contributed by atoms with Gasteiger partial charge in [-0.1, -0.05) is 24.3 Å². The molecular formula is C24H39IN4O3. The second kappa shape index (κ2) is 12.1. The standard InChI is InChI=1S/C24H38N4O3.HI/c1-18-8-6-7-9-20(18)21-17-28(14-15-30-21)22(25-5)26-16-19-10-12-27(13-11-19)23(29)31-24(2,3)4;/h6-9,19,21H,10-17H2,1-5H3,(H,25,26);1H. The number of benzene rings is 1. The molecule has 0 bridgehead atoms. The first-order valence-corrected chi connectivity index (χ1v) is 11.4. The van der Waals surface area contributed by atoms with E-state index in [9.17, 15) is 4.79 Å². The van der Waals surface area contributed by atoms with Crippen molar-refractivity contribution in [3.05, 3.63) is 35.4 Å². The van der Waals surface area contributed by atoms with E-state index >= 15 is 0 Å². The Balaban J connectivity index is 0.00000363. The highest BCUT2D eigenvalue weighted by Crippen LogP contribution is 2.25. The van der Waals surface area contributed by atoms with Crippen LogP contribution < -0.4 is 5.32 Å². The summed E-state index contributed by atoms with van der Waals surface area (Å²) in [6.45, 7) is 12.5. The van der Waals surface area contributed by atoms with Crippen LogP contribution in [0, 0.1) is 12.8 Å². The van der Waals surface area contributed by atoms with Gasteiger partial charge in [-0.2, -0.15) is 0 Å². The molecule has 0 aromatic heterocycles. The molecule has 3 rings (SSSR count). The fraction of sp³-hybridized carbons (Fsp3) is 0.667. The number of halogens is 1. The molecule has 2 fully saturated rings. The summed E-state index contributed by atoms with van der Waals surface area (Å²) in [6.07, 6.45) is 1.80. The number of amides is 1. The Morgan fingerprint density at radius 2 is 1.88 bits per heavy atom. The average Bonchev–Trinajstić information content (AvgIpc) is 2.74. The molecule has 1 amide bonds. The molecule has 1 aromatic carbocycles. The van der Waals surface area contributed by atoms with Crippen LogP contribution in [0.5, 0.6) is 0 Å². The maximum atomic E-state index is 12.3. The number of nitrogens with one attached hydrogen (secondary N) is 1. The second-order valence-corrected chi connectivity index (χ2v) is 9.50. The number of carbonyl (C=O) groups is 1. The van der Waals surface area contributed by atoms with Crippen molar-refractivity contribution in [2.24, 2.45) is 10.9 Å². The number of carbonyl (C=O) groups excluding carboxylic acids is 1. The fourth-order valence-electron chi connectivity index (χ4n) is 4.19. The van der Waals surface area contributed by atoms with Gasteiger partial charge < -0.3 is 24.6 Å². The molecule has 180 valence electrons. The van der Waals surface area contributed by atoms with Gasteiger partial charge in [0.15, 0.2) is 5.96 Å². The summed E-state index contributed by atoms with van der Waals surface area (Å²) in [6, 6.07) is 8.42. The first-order valence-electron chi connectivity index (χ1n) is 11.4. The lowest BCUT2D eigenvalue weighted by Gasteiger charge is -2.37. The van der Waals surface area contributed by atoms with E-state index < -0.39 is 5.60 Å². The van der Waals surface area contributed by atoms with Crippen LogP contribution >= 0.6 is 24.0 Å². The normalized spacial score (nSPS) is 20.5. The number of hydrogen-bond donors (Lipinski definition) is 1. The molecule has 1 atom stereocenters. The summed E-state index contributed by atoms with van der Waals surface area (Å²) in [5.41, 5.74) is 2.06. The summed E-state index contributed by atoms with van der Waals surface area (Å²) < 4.78 is 11.6. The van der Waals surface area contributed by atoms with E-state index in [4.69, 9.17) is 9.47 Å². The van der Waals surface area contributed by atoms with Crippen LogP contribution in [-0.2, 0) is 9.47 Å². The predicted octanol–water partition coefficient (Wildman–Crippen LogP) is 4.21. The number of morpholine rings is 1. The number of aliphatic imine (C=N–C) groups is 1. The van der Waals surface area contributed by atoms with Crippen LogP contribution in [0.4, 0.5) is 4.79 Å². The zero-order valence-corrected chi connectivity index (χ0v) is 22.4. The van der Waals surface area contributed by atoms with Crippen molar-refractivity contribution in [2.75, 3.05) is 46.4 Å². The molecule has 8 heteroatoms. The summed E-state index contributed by atoms with van der Waals surface area (Å²) in [4.78, 5) is 20.9. The van der Waals surface area contributed by atoms with E-state index in [0.717, 1.165) is 51.5 Å². The van der Waals surface area contributed by atoms with Crippen LogP contribution in [0.25, 0.3) is 0 Å². The van der Waals surface area contributed by atoms with E-state index in [0.29, 0.717) is 12.5 Å². The monoisotopic (exact) mass is 558 g/mol. The van der Waals surface area contributed by atoms with Crippen molar-refractivity contribution >= 4 is 36.0 Å². The quantitative estimate of drug-likeness (QED) is 0.342. The number of guanidine groups is 1. The third-order valence-electron chi connectivity index (χ3n) is 5.93.